The van der Waals surface area contributed by atoms with Gasteiger partial charge in [0.25, 0.3) is 0 Å². The van der Waals surface area contributed by atoms with Crippen molar-refractivity contribution < 1.29 is 9.47 Å². The lowest BCUT2D eigenvalue weighted by molar-refractivity contribution is 0.409. The Kier molecular flexibility index (Phi) is 4.24. The number of hydrogen-bond acceptors (Lipinski definition) is 4. The Morgan fingerprint density at radius 1 is 0.850 bits per heavy atom. The van der Waals surface area contributed by atoms with Crippen LogP contribution < -0.4 is 9.47 Å². The van der Waals surface area contributed by atoms with Crippen molar-refractivity contribution >= 4 is 15.9 Å². The van der Waals surface area contributed by atoms with Crippen LogP contribution in [0.25, 0.3) is 0 Å². The molecule has 0 atom stereocenters. The monoisotopic (exact) mass is 328 g/mol. The van der Waals surface area contributed by atoms with Crippen LogP contribution in [0, 0.1) is 22.7 Å². The first-order valence-corrected chi connectivity index (χ1v) is 6.41. The zero-order valence-corrected chi connectivity index (χ0v) is 12.1. The van der Waals surface area contributed by atoms with Gasteiger partial charge in [-0.2, -0.15) is 10.5 Å². The van der Waals surface area contributed by atoms with Crippen LogP contribution in [0.2, 0.25) is 0 Å². The fourth-order valence-corrected chi connectivity index (χ4v) is 2.11. The second-order valence-electron chi connectivity index (χ2n) is 3.90. The van der Waals surface area contributed by atoms with Gasteiger partial charge in [-0.05, 0) is 30.3 Å². The Hall–Kier alpha value is -2.50. The Balaban J connectivity index is 2.37. The van der Waals surface area contributed by atoms with Gasteiger partial charge >= 0.3 is 0 Å². The van der Waals surface area contributed by atoms with Crippen molar-refractivity contribution in [2.75, 3.05) is 7.11 Å². The van der Waals surface area contributed by atoms with E-state index < -0.39 is 0 Å². The fourth-order valence-electron chi connectivity index (χ4n) is 1.64. The maximum atomic E-state index is 8.96. The number of ether oxygens (including phenoxy) is 2. The summed E-state index contributed by atoms with van der Waals surface area (Å²) in [6.45, 7) is 0. The molecule has 0 N–H and O–H groups in total. The van der Waals surface area contributed by atoms with Gasteiger partial charge in [-0.3, -0.25) is 0 Å². The highest BCUT2D eigenvalue weighted by atomic mass is 79.9. The molecule has 0 spiro atoms. The van der Waals surface area contributed by atoms with Crippen molar-refractivity contribution in [2.45, 2.75) is 0 Å². The maximum Gasteiger partial charge on any atom is 0.132 e. The van der Waals surface area contributed by atoms with Crippen molar-refractivity contribution in [3.63, 3.8) is 0 Å². The van der Waals surface area contributed by atoms with Crippen LogP contribution in [-0.2, 0) is 0 Å². The van der Waals surface area contributed by atoms with Gasteiger partial charge in [0.15, 0.2) is 0 Å². The predicted octanol–water partition coefficient (Wildman–Crippen LogP) is 3.99. The molecule has 0 aliphatic heterocycles. The van der Waals surface area contributed by atoms with Gasteiger partial charge in [0.2, 0.25) is 0 Å². The molecule has 2 rings (SSSR count). The molecular weight excluding hydrogens is 320 g/mol. The van der Waals surface area contributed by atoms with Gasteiger partial charge in [0, 0.05) is 10.5 Å². The molecule has 0 fully saturated rings. The molecule has 0 radical (unpaired) electrons. The SMILES string of the molecule is COc1cc(C#N)cc(Oc2cc(Br)cc(C#N)c2)c1. The van der Waals surface area contributed by atoms with E-state index in [1.54, 1.807) is 36.4 Å². The van der Waals surface area contributed by atoms with Crippen LogP contribution in [0.1, 0.15) is 11.1 Å². The lowest BCUT2D eigenvalue weighted by Crippen LogP contribution is -1.90. The quantitative estimate of drug-likeness (QED) is 0.854. The summed E-state index contributed by atoms with van der Waals surface area (Å²) >= 11 is 3.32. The number of nitriles is 2. The van der Waals surface area contributed by atoms with Crippen LogP contribution >= 0.6 is 15.9 Å². The van der Waals surface area contributed by atoms with Crippen LogP contribution in [0.3, 0.4) is 0 Å². The van der Waals surface area contributed by atoms with E-state index >= 15 is 0 Å². The maximum absolute atomic E-state index is 8.96. The minimum atomic E-state index is 0.440. The summed E-state index contributed by atoms with van der Waals surface area (Å²) in [5, 5.41) is 17.9. The van der Waals surface area contributed by atoms with Crippen LogP contribution in [0.4, 0.5) is 0 Å². The second kappa shape index (κ2) is 6.10. The molecule has 2 aromatic rings. The van der Waals surface area contributed by atoms with Gasteiger partial charge in [-0.1, -0.05) is 15.9 Å². The third kappa shape index (κ3) is 3.28. The van der Waals surface area contributed by atoms with E-state index in [0.717, 1.165) is 4.47 Å². The Bertz CT molecular complexity index is 730. The third-order valence-corrected chi connectivity index (χ3v) is 2.94. The highest BCUT2D eigenvalue weighted by Gasteiger charge is 2.05. The van der Waals surface area contributed by atoms with E-state index in [1.807, 2.05) is 6.07 Å². The van der Waals surface area contributed by atoms with Crippen LogP contribution in [0.5, 0.6) is 17.2 Å². The van der Waals surface area contributed by atoms with E-state index in [2.05, 4.69) is 22.0 Å². The highest BCUT2D eigenvalue weighted by Crippen LogP contribution is 2.29. The van der Waals surface area contributed by atoms with Gasteiger partial charge in [0.1, 0.15) is 17.2 Å². The molecule has 0 amide bonds. The van der Waals surface area contributed by atoms with Crippen molar-refractivity contribution in [1.82, 2.24) is 0 Å². The summed E-state index contributed by atoms with van der Waals surface area (Å²) in [6.07, 6.45) is 0. The molecule has 0 bridgehead atoms. The van der Waals surface area contributed by atoms with E-state index in [-0.39, 0.29) is 0 Å². The highest BCUT2D eigenvalue weighted by molar-refractivity contribution is 9.10. The largest absolute Gasteiger partial charge is 0.497 e. The van der Waals surface area contributed by atoms with E-state index in [0.29, 0.717) is 28.4 Å². The number of hydrogen-bond donors (Lipinski definition) is 0. The minimum absolute atomic E-state index is 0.440. The van der Waals surface area contributed by atoms with Gasteiger partial charge in [-0.25, -0.2) is 0 Å². The third-order valence-electron chi connectivity index (χ3n) is 2.48. The summed E-state index contributed by atoms with van der Waals surface area (Å²) < 4.78 is 11.5. The first-order valence-electron chi connectivity index (χ1n) is 5.62. The predicted molar refractivity (Wildman–Crippen MR) is 76.6 cm³/mol. The smallest absolute Gasteiger partial charge is 0.132 e. The van der Waals surface area contributed by atoms with E-state index in [9.17, 15) is 0 Å². The zero-order chi connectivity index (χ0) is 14.5. The van der Waals surface area contributed by atoms with Crippen molar-refractivity contribution in [3.8, 4) is 29.4 Å². The Labute approximate surface area is 124 Å². The van der Waals surface area contributed by atoms with Crippen molar-refractivity contribution in [1.29, 1.82) is 10.5 Å². The van der Waals surface area contributed by atoms with Crippen molar-refractivity contribution in [3.05, 3.63) is 52.0 Å². The molecule has 0 saturated carbocycles. The normalized spacial score (nSPS) is 9.40. The standard InChI is InChI=1S/C15H9BrN2O2/c1-19-13-3-11(9-18)5-15(7-13)20-14-4-10(8-17)2-12(16)6-14/h2-7H,1H3. The minimum Gasteiger partial charge on any atom is -0.497 e. The lowest BCUT2D eigenvalue weighted by Gasteiger charge is -2.09. The average molecular weight is 329 g/mol. The fraction of sp³-hybridized carbons (Fsp3) is 0.0667. The van der Waals surface area contributed by atoms with Gasteiger partial charge in [0.05, 0.1) is 30.4 Å². The number of rotatable bonds is 3. The summed E-state index contributed by atoms with van der Waals surface area (Å²) in [4.78, 5) is 0. The number of nitrogens with zero attached hydrogens (tertiary/aromatic N) is 2. The average Bonchev–Trinajstić information content (AvgIpc) is 2.46. The van der Waals surface area contributed by atoms with Crippen LogP contribution in [0.15, 0.2) is 40.9 Å². The molecule has 4 nitrogen and oxygen atoms in total. The molecule has 20 heavy (non-hydrogen) atoms. The summed E-state index contributed by atoms with van der Waals surface area (Å²) in [7, 11) is 1.52. The summed E-state index contributed by atoms with van der Waals surface area (Å²) in [5.41, 5.74) is 0.924. The summed E-state index contributed by atoms with van der Waals surface area (Å²) in [5.74, 6) is 1.52. The molecule has 0 aliphatic rings. The zero-order valence-electron chi connectivity index (χ0n) is 10.6. The first kappa shape index (κ1) is 13.9. The Morgan fingerprint density at radius 3 is 2.00 bits per heavy atom. The van der Waals surface area contributed by atoms with E-state index in [1.165, 1.54) is 7.11 Å². The van der Waals surface area contributed by atoms with Gasteiger partial charge in [-0.15, -0.1) is 0 Å². The number of benzene rings is 2. The number of halogens is 1. The number of methoxy groups -OCH3 is 1. The summed E-state index contributed by atoms with van der Waals surface area (Å²) in [6, 6.07) is 14.1. The Morgan fingerprint density at radius 2 is 1.40 bits per heavy atom. The molecule has 0 aliphatic carbocycles. The molecule has 0 aromatic heterocycles. The first-order chi connectivity index (χ1) is 9.64. The van der Waals surface area contributed by atoms with E-state index in [4.69, 9.17) is 20.0 Å². The second-order valence-corrected chi connectivity index (χ2v) is 4.81. The topological polar surface area (TPSA) is 66.0 Å². The molecule has 5 heteroatoms. The molecule has 0 saturated heterocycles. The molecular formula is C15H9BrN2O2. The van der Waals surface area contributed by atoms with Gasteiger partial charge < -0.3 is 9.47 Å². The molecule has 0 unspecified atom stereocenters. The van der Waals surface area contributed by atoms with Crippen LogP contribution in [-0.4, -0.2) is 7.11 Å². The molecule has 98 valence electrons. The lowest BCUT2D eigenvalue weighted by atomic mass is 10.2. The molecule has 0 heterocycles. The van der Waals surface area contributed by atoms with Crippen molar-refractivity contribution in [2.24, 2.45) is 0 Å². The molecule has 2 aromatic carbocycles.